The Morgan fingerprint density at radius 3 is 2.68 bits per heavy atom. The Hall–Kier alpha value is -1.55. The van der Waals surface area contributed by atoms with Crippen molar-refractivity contribution < 1.29 is 9.50 Å². The maximum absolute atomic E-state index is 13.5. The van der Waals surface area contributed by atoms with Gasteiger partial charge in [0.1, 0.15) is 11.6 Å². The van der Waals surface area contributed by atoms with Crippen LogP contribution in [0.4, 0.5) is 10.1 Å². The van der Waals surface area contributed by atoms with E-state index in [1.807, 2.05) is 32.0 Å². The van der Waals surface area contributed by atoms with E-state index in [1.165, 1.54) is 6.07 Å². The Kier molecular flexibility index (Phi) is 4.10. The minimum Gasteiger partial charge on any atom is -0.507 e. The highest BCUT2D eigenvalue weighted by atomic mass is 79.9. The van der Waals surface area contributed by atoms with E-state index in [1.54, 1.807) is 6.07 Å². The Labute approximate surface area is 120 Å². The molecule has 0 aliphatic carbocycles. The van der Waals surface area contributed by atoms with Gasteiger partial charge in [-0.3, -0.25) is 0 Å². The van der Waals surface area contributed by atoms with E-state index in [9.17, 15) is 9.50 Å². The predicted octanol–water partition coefficient (Wildman–Crippen LogP) is 4.52. The van der Waals surface area contributed by atoms with E-state index in [0.29, 0.717) is 11.0 Å². The van der Waals surface area contributed by atoms with Crippen LogP contribution >= 0.6 is 15.9 Å². The van der Waals surface area contributed by atoms with Crippen molar-refractivity contribution in [1.29, 1.82) is 0 Å². The Morgan fingerprint density at radius 1 is 1.21 bits per heavy atom. The number of phenolic OH excluding ortho intramolecular Hbond substituents is 1. The van der Waals surface area contributed by atoms with Gasteiger partial charge < -0.3 is 10.4 Å². The second-order valence-corrected chi connectivity index (χ2v) is 5.37. The molecule has 2 nitrogen and oxygen atoms in total. The molecule has 2 aromatic rings. The first-order valence-electron chi connectivity index (χ1n) is 5.96. The van der Waals surface area contributed by atoms with Crippen LogP contribution in [0.3, 0.4) is 0 Å². The molecule has 0 aliphatic rings. The number of anilines is 1. The van der Waals surface area contributed by atoms with Gasteiger partial charge in [0.15, 0.2) is 0 Å². The van der Waals surface area contributed by atoms with Crippen LogP contribution in [0.15, 0.2) is 34.8 Å². The summed E-state index contributed by atoms with van der Waals surface area (Å²) in [6, 6.07) is 8.77. The number of nitrogens with one attached hydrogen (secondary N) is 1. The van der Waals surface area contributed by atoms with Crippen LogP contribution in [0.2, 0.25) is 0 Å². The molecule has 0 radical (unpaired) electrons. The molecule has 2 rings (SSSR count). The van der Waals surface area contributed by atoms with Crippen molar-refractivity contribution in [1.82, 2.24) is 0 Å². The fourth-order valence-electron chi connectivity index (χ4n) is 1.89. The Bertz CT molecular complexity index is 613. The van der Waals surface area contributed by atoms with Crippen LogP contribution in [0.1, 0.15) is 16.7 Å². The fourth-order valence-corrected chi connectivity index (χ4v) is 2.35. The molecule has 0 heterocycles. The van der Waals surface area contributed by atoms with Crippen molar-refractivity contribution in [3.63, 3.8) is 0 Å². The summed E-state index contributed by atoms with van der Waals surface area (Å²) in [7, 11) is 0. The second-order valence-electron chi connectivity index (χ2n) is 4.52. The summed E-state index contributed by atoms with van der Waals surface area (Å²) in [4.78, 5) is 0. The van der Waals surface area contributed by atoms with Gasteiger partial charge in [0.25, 0.3) is 0 Å². The number of hydrogen-bond acceptors (Lipinski definition) is 2. The third kappa shape index (κ3) is 3.07. The van der Waals surface area contributed by atoms with E-state index < -0.39 is 0 Å². The van der Waals surface area contributed by atoms with Crippen LogP contribution in [0.5, 0.6) is 5.75 Å². The number of phenols is 1. The molecule has 0 aliphatic heterocycles. The third-order valence-corrected chi connectivity index (χ3v) is 3.67. The van der Waals surface area contributed by atoms with Gasteiger partial charge in [0.2, 0.25) is 0 Å². The predicted molar refractivity (Wildman–Crippen MR) is 79.0 cm³/mol. The summed E-state index contributed by atoms with van der Waals surface area (Å²) < 4.78 is 13.9. The number of rotatable bonds is 3. The highest BCUT2D eigenvalue weighted by Gasteiger charge is 2.07. The molecule has 0 saturated heterocycles. The molecule has 0 atom stereocenters. The molecule has 4 heteroatoms. The lowest BCUT2D eigenvalue weighted by atomic mass is 10.1. The first kappa shape index (κ1) is 13.9. The van der Waals surface area contributed by atoms with Crippen molar-refractivity contribution in [3.8, 4) is 5.75 Å². The lowest BCUT2D eigenvalue weighted by Gasteiger charge is -2.12. The summed E-state index contributed by atoms with van der Waals surface area (Å²) in [5.74, 6) is -0.0215. The van der Waals surface area contributed by atoms with E-state index in [4.69, 9.17) is 0 Å². The maximum Gasteiger partial charge on any atom is 0.139 e. The molecule has 0 bridgehead atoms. The van der Waals surface area contributed by atoms with Crippen LogP contribution in [0, 0.1) is 19.7 Å². The number of halogens is 2. The summed E-state index contributed by atoms with van der Waals surface area (Å²) in [6.07, 6.45) is 0. The van der Waals surface area contributed by atoms with Crippen molar-refractivity contribution in [2.45, 2.75) is 20.4 Å². The average Bonchev–Trinajstić information content (AvgIpc) is 2.37. The van der Waals surface area contributed by atoms with Gasteiger partial charge in [-0.25, -0.2) is 4.39 Å². The first-order valence-corrected chi connectivity index (χ1v) is 6.75. The largest absolute Gasteiger partial charge is 0.507 e. The van der Waals surface area contributed by atoms with E-state index in [2.05, 4.69) is 21.2 Å². The second kappa shape index (κ2) is 5.61. The molecule has 0 saturated carbocycles. The third-order valence-electron chi connectivity index (χ3n) is 3.06. The van der Waals surface area contributed by atoms with Crippen molar-refractivity contribution >= 4 is 21.6 Å². The molecule has 2 aromatic carbocycles. The molecule has 0 aromatic heterocycles. The minimum atomic E-state index is -0.304. The highest BCUT2D eigenvalue weighted by Crippen LogP contribution is 2.26. The lowest BCUT2D eigenvalue weighted by Crippen LogP contribution is -2.02. The van der Waals surface area contributed by atoms with Crippen molar-refractivity contribution in [2.24, 2.45) is 0 Å². The molecule has 0 unspecified atom stereocenters. The average molecular weight is 324 g/mol. The lowest BCUT2D eigenvalue weighted by molar-refractivity contribution is 0.465. The monoisotopic (exact) mass is 323 g/mol. The van der Waals surface area contributed by atoms with Crippen LogP contribution < -0.4 is 5.32 Å². The molecule has 2 N–H and O–H groups in total. The first-order chi connectivity index (χ1) is 8.99. The number of aryl methyl sites for hydroxylation is 2. The molecule has 0 spiro atoms. The van der Waals surface area contributed by atoms with Crippen LogP contribution in [0.25, 0.3) is 0 Å². The quantitative estimate of drug-likeness (QED) is 0.870. The van der Waals surface area contributed by atoms with Gasteiger partial charge in [0.05, 0.1) is 4.47 Å². The summed E-state index contributed by atoms with van der Waals surface area (Å²) >= 11 is 3.15. The number of hydrogen-bond donors (Lipinski definition) is 2. The van der Waals surface area contributed by atoms with Gasteiger partial charge in [-0.2, -0.15) is 0 Å². The van der Waals surface area contributed by atoms with Gasteiger partial charge in [-0.1, -0.05) is 18.2 Å². The number of aromatic hydroxyl groups is 1. The Balaban J connectivity index is 2.19. The zero-order chi connectivity index (χ0) is 14.0. The molecule has 0 fully saturated rings. The van der Waals surface area contributed by atoms with E-state index >= 15 is 0 Å². The minimum absolute atomic E-state index is 0.283. The SMILES string of the molecule is Cc1cc(Br)c(F)cc1NCc1cccc(C)c1O. The zero-order valence-corrected chi connectivity index (χ0v) is 12.4. The molecular formula is C15H15BrFNO. The van der Waals surface area contributed by atoms with Crippen LogP contribution in [-0.2, 0) is 6.54 Å². The molecule has 100 valence electrons. The smallest absolute Gasteiger partial charge is 0.139 e. The summed E-state index contributed by atoms with van der Waals surface area (Å²) in [5, 5.41) is 13.1. The van der Waals surface area contributed by atoms with Gasteiger partial charge >= 0.3 is 0 Å². The van der Waals surface area contributed by atoms with Crippen molar-refractivity contribution in [3.05, 3.63) is 57.3 Å². The van der Waals surface area contributed by atoms with Gasteiger partial charge in [-0.05, 0) is 53.0 Å². The normalized spacial score (nSPS) is 10.5. The summed E-state index contributed by atoms with van der Waals surface area (Å²) in [6.45, 7) is 4.21. The van der Waals surface area contributed by atoms with E-state index in [0.717, 1.165) is 22.4 Å². The van der Waals surface area contributed by atoms with Crippen LogP contribution in [-0.4, -0.2) is 5.11 Å². The standard InChI is InChI=1S/C15H15BrFNO/c1-9-4-3-5-11(15(9)19)8-18-14-7-13(17)12(16)6-10(14)2/h3-7,18-19H,8H2,1-2H3. The van der Waals surface area contributed by atoms with Gasteiger partial charge in [-0.15, -0.1) is 0 Å². The molecule has 0 amide bonds. The molecule has 19 heavy (non-hydrogen) atoms. The van der Waals surface area contributed by atoms with E-state index in [-0.39, 0.29) is 11.6 Å². The maximum atomic E-state index is 13.5. The number of benzene rings is 2. The van der Waals surface area contributed by atoms with Gasteiger partial charge in [0, 0.05) is 17.8 Å². The molecular weight excluding hydrogens is 309 g/mol. The topological polar surface area (TPSA) is 32.3 Å². The Morgan fingerprint density at radius 2 is 1.95 bits per heavy atom. The zero-order valence-electron chi connectivity index (χ0n) is 10.8. The summed E-state index contributed by atoms with van der Waals surface area (Å²) in [5.41, 5.74) is 3.29. The highest BCUT2D eigenvalue weighted by molar-refractivity contribution is 9.10. The number of para-hydroxylation sites is 1. The van der Waals surface area contributed by atoms with Crippen molar-refractivity contribution in [2.75, 3.05) is 5.32 Å². The fraction of sp³-hybridized carbons (Fsp3) is 0.200.